The van der Waals surface area contributed by atoms with E-state index in [0.29, 0.717) is 50.5 Å². The molecular formula is C61H85IN10O22S2+2. The van der Waals surface area contributed by atoms with Crippen molar-refractivity contribution in [2.24, 2.45) is 0 Å². The van der Waals surface area contributed by atoms with Gasteiger partial charge in [0.1, 0.15) is 91.3 Å². The Labute approximate surface area is 571 Å². The first-order valence-corrected chi connectivity index (χ1v) is 34.5. The molecule has 1 aromatic heterocycles. The summed E-state index contributed by atoms with van der Waals surface area (Å²) in [6, 6.07) is 6.78. The molecule has 96 heavy (non-hydrogen) atoms. The number of fused-ring (bicyclic) bond motifs is 1. The van der Waals surface area contributed by atoms with Gasteiger partial charge in [0, 0.05) is 47.9 Å². The van der Waals surface area contributed by atoms with Gasteiger partial charge in [0.05, 0.1) is 35.5 Å². The molecule has 528 valence electrons. The number of amides is 7. The summed E-state index contributed by atoms with van der Waals surface area (Å²) < 4.78 is 17.1. The van der Waals surface area contributed by atoms with Gasteiger partial charge in [0.15, 0.2) is 18.4 Å². The van der Waals surface area contributed by atoms with E-state index in [2.05, 4.69) is 47.9 Å². The quantitative estimate of drug-likeness (QED) is 0.0186. The number of carbonyl (C=O) groups is 8. The third-order valence-corrected chi connectivity index (χ3v) is 19.8. The zero-order valence-corrected chi connectivity index (χ0v) is 56.1. The number of benzene rings is 3. The molecule has 19 atom stereocenters. The van der Waals surface area contributed by atoms with Crippen molar-refractivity contribution in [3.8, 4) is 5.75 Å². The highest BCUT2D eigenvalue weighted by atomic mass is 123. The van der Waals surface area contributed by atoms with Crippen molar-refractivity contribution >= 4 is 102 Å². The van der Waals surface area contributed by atoms with Crippen LogP contribution in [0.1, 0.15) is 49.8 Å². The number of carboxylic acid groups (broad SMARTS) is 1. The summed E-state index contributed by atoms with van der Waals surface area (Å²) in [5.41, 5.74) is 6.01. The highest BCUT2D eigenvalue weighted by Gasteiger charge is 2.55. The van der Waals surface area contributed by atoms with Gasteiger partial charge in [0.25, 0.3) is 5.91 Å². The van der Waals surface area contributed by atoms with Crippen LogP contribution in [0.15, 0.2) is 79.0 Å². The number of ether oxygens (including phenoxy) is 3. The second-order valence-corrected chi connectivity index (χ2v) is 27.5. The molecule has 7 rings (SSSR count). The van der Waals surface area contributed by atoms with Gasteiger partial charge >= 0.3 is 5.97 Å². The number of aromatic hydroxyl groups is 1. The van der Waals surface area contributed by atoms with Gasteiger partial charge in [-0.05, 0) is 90.6 Å². The number of unbranched alkanes of at least 4 members (excludes halogenated alkanes) is 1. The van der Waals surface area contributed by atoms with Crippen LogP contribution in [0, 0.1) is 3.57 Å². The standard InChI is InChI=1S/C61H83IN10O22S2/c1-28(74)45-58(88)70-41(57(87)72-46(29(2)75)59(89)90)26-96-95-25-40(69-53(83)37(19-30-10-4-3-5-11-30)65-27-61(91)51(81)50(43(77)24-92-61)94-60-49(80)48(79)47(78)44(23-73)93-60)56(86)67-38(20-31-15-16-42(76)34(62)18-31)54(84)68-39(21-32-22-64-35-13-7-6-12-33(32)35)55(85)66-36(52(82)71-45)14-8-9-17-63/h3-7,10-13,15-16,18,22,28-29,36-41,43-51,60,64-65,73-81,91H,8-9,14,17,19-21,23-27,63H2,1-2H3,(H,66,85)(H,67,86)(H,68,84)(H,69,83)(H,70,88)(H,71,82)(H,72,87)(H,89,90)/p+2/t28?,29?,36-,37?,38-,39+,40?,41-,43?,44?,45-,46-,47+,48-,49?,50+,51?,60-,61?/m0/s1/i62-4. The molecule has 4 aromatic rings. The van der Waals surface area contributed by atoms with Crippen LogP contribution in [-0.2, 0) is 71.8 Å². The smallest absolute Gasteiger partial charge is 0.328 e. The van der Waals surface area contributed by atoms with Gasteiger partial charge in [-0.3, -0.25) is 33.6 Å². The first-order chi connectivity index (χ1) is 45.6. The van der Waals surface area contributed by atoms with Gasteiger partial charge in [-0.1, -0.05) is 76.2 Å². The summed E-state index contributed by atoms with van der Waals surface area (Å²) in [5, 5.41) is 138. The van der Waals surface area contributed by atoms with E-state index in [-0.39, 0.29) is 31.4 Å². The van der Waals surface area contributed by atoms with Crippen molar-refractivity contribution in [3.05, 3.63) is 99.3 Å². The van der Waals surface area contributed by atoms with Crippen molar-refractivity contribution in [1.82, 2.24) is 42.2 Å². The minimum absolute atomic E-state index is 0.0518. The maximum absolute atomic E-state index is 15.3. The Balaban J connectivity index is 1.27. The van der Waals surface area contributed by atoms with Gasteiger partial charge in [-0.15, -0.1) is 0 Å². The Morgan fingerprint density at radius 3 is 2.12 bits per heavy atom. The number of aromatic amines is 1. The van der Waals surface area contributed by atoms with Crippen LogP contribution in [0.4, 0.5) is 0 Å². The first-order valence-electron chi connectivity index (χ1n) is 31.0. The highest BCUT2D eigenvalue weighted by Crippen LogP contribution is 2.31. The number of nitrogens with one attached hydrogen (secondary N) is 8. The number of quaternary nitrogens is 2. The minimum Gasteiger partial charge on any atom is -0.507 e. The Morgan fingerprint density at radius 2 is 1.46 bits per heavy atom. The van der Waals surface area contributed by atoms with Crippen molar-refractivity contribution in [2.75, 3.05) is 37.8 Å². The molecule has 3 fully saturated rings. The molecule has 24 N–H and O–H groups in total. The SMILES string of the molecule is CC(O)[C@H](NC(=O)[C@@H]1CSSCC(NC(=O)C(Cc2ccccc2)[NH2+]CC2(O)OCC(O)[C@@H](O[C@@H]3OC(CO)[C@@H](O)[C@H](O)C3O)C2O)C(=O)N[C@@H](Cc2ccc(O)c([123I])c2)C(=O)N[C@H](Cc2c[nH]c3ccccc23)C(=O)N[C@@H](CCCC[NH3+])C(=O)N[C@@H](C(C)O)C(=O)N1)C(=O)O. The van der Waals surface area contributed by atoms with Crippen molar-refractivity contribution < 1.29 is 120 Å². The summed E-state index contributed by atoms with van der Waals surface area (Å²) in [5.74, 6) is -12.4. The van der Waals surface area contributed by atoms with Gasteiger partial charge < -0.3 is 124 Å². The maximum Gasteiger partial charge on any atom is 0.328 e. The Hall–Kier alpha value is -6.37. The number of hydrogen-bond donors (Lipinski definition) is 21. The van der Waals surface area contributed by atoms with Crippen LogP contribution in [0.2, 0.25) is 0 Å². The van der Waals surface area contributed by atoms with E-state index in [9.17, 15) is 80.1 Å². The average Bonchev–Trinajstić information content (AvgIpc) is 1.03. The van der Waals surface area contributed by atoms with Crippen LogP contribution >= 0.6 is 44.2 Å². The predicted molar refractivity (Wildman–Crippen MR) is 350 cm³/mol. The van der Waals surface area contributed by atoms with Crippen LogP contribution in [0.25, 0.3) is 10.9 Å². The number of H-pyrrole nitrogens is 1. The van der Waals surface area contributed by atoms with E-state index < -0.39 is 194 Å². The number of aliphatic hydroxyl groups is 9. The monoisotopic (exact) mass is 1500 g/mol. The van der Waals surface area contributed by atoms with Gasteiger partial charge in [-0.2, -0.15) is 0 Å². The third kappa shape index (κ3) is 20.6. The molecule has 0 aliphatic carbocycles. The number of aliphatic hydroxyl groups excluding tert-OH is 8. The third-order valence-electron chi connectivity index (χ3n) is 16.5. The molecule has 3 saturated heterocycles. The molecule has 35 heteroatoms. The number of aromatic nitrogens is 1. The molecule has 9 unspecified atom stereocenters. The number of phenols is 1. The summed E-state index contributed by atoms with van der Waals surface area (Å²) in [6.07, 6.45) is -16.5. The lowest BCUT2D eigenvalue weighted by Crippen LogP contribution is -2.97. The lowest BCUT2D eigenvalue weighted by Gasteiger charge is -2.46. The lowest BCUT2D eigenvalue weighted by atomic mass is 9.95. The van der Waals surface area contributed by atoms with E-state index in [0.717, 1.165) is 28.5 Å². The van der Waals surface area contributed by atoms with E-state index in [1.54, 1.807) is 66.9 Å². The highest BCUT2D eigenvalue weighted by molar-refractivity contribution is 14.1. The molecule has 7 amide bonds. The largest absolute Gasteiger partial charge is 0.507 e. The fourth-order valence-electron chi connectivity index (χ4n) is 10.9. The molecule has 3 aliphatic heterocycles. The summed E-state index contributed by atoms with van der Waals surface area (Å²) in [7, 11) is 1.65. The number of nitrogens with two attached hydrogens (primary N) is 1. The van der Waals surface area contributed by atoms with E-state index in [1.807, 2.05) is 22.6 Å². The molecule has 32 nitrogen and oxygen atoms in total. The molecule has 0 bridgehead atoms. The van der Waals surface area contributed by atoms with Crippen LogP contribution in [-0.4, -0.2) is 262 Å². The number of hydrogen-bond acceptors (Lipinski definition) is 23. The summed E-state index contributed by atoms with van der Waals surface area (Å²) in [4.78, 5) is 119. The first kappa shape index (κ1) is 77.0. The molecule has 0 radical (unpaired) electrons. The number of halogens is 1. The van der Waals surface area contributed by atoms with Crippen molar-refractivity contribution in [3.63, 3.8) is 0 Å². The molecule has 3 aromatic carbocycles. The Bertz CT molecular complexity index is 3310. The Kier molecular flexibility index (Phi) is 28.8. The fraction of sp³-hybridized carbons (Fsp3) is 0.541. The van der Waals surface area contributed by atoms with Crippen molar-refractivity contribution in [2.45, 2.75) is 168 Å². The van der Waals surface area contributed by atoms with Crippen LogP contribution in [0.3, 0.4) is 0 Å². The maximum atomic E-state index is 15.3. The minimum atomic E-state index is -2.68. The number of aliphatic carboxylic acids is 1. The summed E-state index contributed by atoms with van der Waals surface area (Å²) >= 11 is 1.87. The number of para-hydroxylation sites is 1. The van der Waals surface area contributed by atoms with E-state index in [1.165, 1.54) is 24.4 Å². The molecule has 4 heterocycles. The normalized spacial score (nSPS) is 29.7. The van der Waals surface area contributed by atoms with Crippen LogP contribution < -0.4 is 48.3 Å². The molecular weight excluding hydrogens is 1410 g/mol. The second-order valence-electron chi connectivity index (χ2n) is 23.8. The summed E-state index contributed by atoms with van der Waals surface area (Å²) in [6.45, 7) is 0.410. The number of carboxylic acids is 1. The topological polar surface area (TPSA) is 531 Å². The van der Waals surface area contributed by atoms with E-state index >= 15 is 14.4 Å². The Morgan fingerprint density at radius 1 is 0.802 bits per heavy atom. The lowest BCUT2D eigenvalue weighted by molar-refractivity contribution is -0.700. The predicted octanol–water partition coefficient (Wildman–Crippen LogP) is -6.89. The average molecular weight is 1500 g/mol. The fourth-order valence-corrected chi connectivity index (χ4v) is 13.8. The van der Waals surface area contributed by atoms with Gasteiger partial charge in [-0.25, -0.2) is 4.79 Å². The number of phenolic OH excluding ortho intramolecular Hbond substituents is 1. The zero-order chi connectivity index (χ0) is 70.1. The number of rotatable bonds is 23. The van der Waals surface area contributed by atoms with E-state index in [4.69, 9.17) is 14.2 Å². The second kappa shape index (κ2) is 35.9. The van der Waals surface area contributed by atoms with Crippen molar-refractivity contribution in [1.29, 1.82) is 0 Å². The molecule has 0 spiro atoms. The molecule has 3 aliphatic rings. The number of carbonyl (C=O) groups excluding carboxylic acids is 7. The molecule has 0 saturated carbocycles. The van der Waals surface area contributed by atoms with Crippen LogP contribution in [0.5, 0.6) is 5.75 Å². The zero-order valence-electron chi connectivity index (χ0n) is 52.3. The van der Waals surface area contributed by atoms with Gasteiger partial charge in [0.2, 0.25) is 41.2 Å².